The zero-order valence-electron chi connectivity index (χ0n) is 14.7. The van der Waals surface area contributed by atoms with E-state index in [1.54, 1.807) is 30.3 Å². The Morgan fingerprint density at radius 1 is 1.08 bits per heavy atom. The van der Waals surface area contributed by atoms with Crippen LogP contribution in [0.4, 0.5) is 11.4 Å². The van der Waals surface area contributed by atoms with Gasteiger partial charge < -0.3 is 9.64 Å². The van der Waals surface area contributed by atoms with Crippen molar-refractivity contribution in [2.45, 2.75) is 13.8 Å². The van der Waals surface area contributed by atoms with Crippen molar-refractivity contribution in [3.05, 3.63) is 69.8 Å². The third kappa shape index (κ3) is 4.44. The first-order chi connectivity index (χ1) is 12.5. The standard InChI is InChI=1S/C19H20N2O5/c1-3-20(4-2)17-11-10-15(21(24)25)12-16(17)19(23)26-13-18(22)14-8-6-5-7-9-14/h5-12H,3-4,13H2,1-2H3. The van der Waals surface area contributed by atoms with Crippen molar-refractivity contribution >= 4 is 23.1 Å². The van der Waals surface area contributed by atoms with Gasteiger partial charge in [-0.2, -0.15) is 0 Å². The van der Waals surface area contributed by atoms with E-state index in [1.165, 1.54) is 18.2 Å². The van der Waals surface area contributed by atoms with Gasteiger partial charge >= 0.3 is 5.97 Å². The first-order valence-corrected chi connectivity index (χ1v) is 8.26. The minimum atomic E-state index is -0.764. The molecule has 2 aromatic carbocycles. The number of ketones is 1. The quantitative estimate of drug-likeness (QED) is 0.311. The van der Waals surface area contributed by atoms with E-state index in [0.29, 0.717) is 24.3 Å². The summed E-state index contributed by atoms with van der Waals surface area (Å²) in [5.41, 5.74) is 0.840. The third-order valence-corrected chi connectivity index (χ3v) is 3.95. The van der Waals surface area contributed by atoms with Crippen LogP contribution in [0.25, 0.3) is 0 Å². The second-order valence-corrected chi connectivity index (χ2v) is 5.50. The van der Waals surface area contributed by atoms with Crippen molar-refractivity contribution in [2.75, 3.05) is 24.6 Å². The molecule has 7 nitrogen and oxygen atoms in total. The zero-order chi connectivity index (χ0) is 19.1. The average molecular weight is 356 g/mol. The van der Waals surface area contributed by atoms with E-state index in [9.17, 15) is 19.7 Å². The molecule has 0 saturated carbocycles. The number of nitro groups is 1. The number of carbonyl (C=O) groups is 2. The molecule has 2 rings (SSSR count). The predicted octanol–water partition coefficient (Wildman–Crippen LogP) is 3.48. The van der Waals surface area contributed by atoms with E-state index < -0.39 is 17.5 Å². The number of carbonyl (C=O) groups excluding carboxylic acids is 2. The van der Waals surface area contributed by atoms with Crippen LogP contribution in [0.15, 0.2) is 48.5 Å². The fourth-order valence-corrected chi connectivity index (χ4v) is 2.56. The number of rotatable bonds is 8. The molecule has 0 spiro atoms. The molecule has 0 aromatic heterocycles. The molecule has 0 unspecified atom stereocenters. The maximum atomic E-state index is 12.5. The van der Waals surface area contributed by atoms with Crippen LogP contribution in [-0.4, -0.2) is 36.4 Å². The molecule has 0 N–H and O–H groups in total. The first kappa shape index (κ1) is 19.1. The highest BCUT2D eigenvalue weighted by atomic mass is 16.6. The van der Waals surface area contributed by atoms with Gasteiger partial charge in [0.1, 0.15) is 0 Å². The molecular formula is C19H20N2O5. The molecule has 7 heteroatoms. The van der Waals surface area contributed by atoms with Gasteiger partial charge in [-0.05, 0) is 19.9 Å². The molecule has 0 atom stereocenters. The number of benzene rings is 2. The van der Waals surface area contributed by atoms with E-state index >= 15 is 0 Å². The SMILES string of the molecule is CCN(CC)c1ccc([N+](=O)[O-])cc1C(=O)OCC(=O)c1ccccc1. The Labute approximate surface area is 151 Å². The predicted molar refractivity (Wildman–Crippen MR) is 97.7 cm³/mol. The molecule has 0 bridgehead atoms. The Bertz CT molecular complexity index is 801. The van der Waals surface area contributed by atoms with Crippen LogP contribution in [0, 0.1) is 10.1 Å². The largest absolute Gasteiger partial charge is 0.454 e. The molecule has 0 aliphatic carbocycles. The summed E-state index contributed by atoms with van der Waals surface area (Å²) >= 11 is 0. The van der Waals surface area contributed by atoms with Gasteiger partial charge in [0.05, 0.1) is 16.2 Å². The molecular weight excluding hydrogens is 336 g/mol. The van der Waals surface area contributed by atoms with Crippen molar-refractivity contribution < 1.29 is 19.2 Å². The fourth-order valence-electron chi connectivity index (χ4n) is 2.56. The number of non-ortho nitro benzene ring substituents is 1. The molecule has 0 aliphatic rings. The third-order valence-electron chi connectivity index (χ3n) is 3.95. The number of nitrogens with zero attached hydrogens (tertiary/aromatic N) is 2. The average Bonchev–Trinajstić information content (AvgIpc) is 2.67. The lowest BCUT2D eigenvalue weighted by Crippen LogP contribution is -2.25. The van der Waals surface area contributed by atoms with Crippen molar-refractivity contribution in [2.24, 2.45) is 0 Å². The van der Waals surface area contributed by atoms with Gasteiger partial charge in [-0.1, -0.05) is 30.3 Å². The monoisotopic (exact) mass is 356 g/mol. The molecule has 136 valence electrons. The van der Waals surface area contributed by atoms with Crippen LogP contribution in [0.5, 0.6) is 0 Å². The lowest BCUT2D eigenvalue weighted by molar-refractivity contribution is -0.384. The number of Topliss-reactive ketones (excluding diaryl/α,β-unsaturated/α-hetero) is 1. The summed E-state index contributed by atoms with van der Waals surface area (Å²) in [5, 5.41) is 11.0. The molecule has 2 aromatic rings. The van der Waals surface area contributed by atoms with Crippen LogP contribution in [0.3, 0.4) is 0 Å². The van der Waals surface area contributed by atoms with Gasteiger partial charge in [0.25, 0.3) is 5.69 Å². The maximum Gasteiger partial charge on any atom is 0.340 e. The van der Waals surface area contributed by atoms with Crippen molar-refractivity contribution in [1.82, 2.24) is 0 Å². The number of hydrogen-bond donors (Lipinski definition) is 0. The highest BCUT2D eigenvalue weighted by Crippen LogP contribution is 2.26. The Balaban J connectivity index is 2.24. The van der Waals surface area contributed by atoms with E-state index in [4.69, 9.17) is 4.74 Å². The maximum absolute atomic E-state index is 12.5. The van der Waals surface area contributed by atoms with Gasteiger partial charge in [0, 0.05) is 30.8 Å². The van der Waals surface area contributed by atoms with E-state index in [2.05, 4.69) is 0 Å². The summed E-state index contributed by atoms with van der Waals surface area (Å²) in [4.78, 5) is 36.9. The summed E-state index contributed by atoms with van der Waals surface area (Å²) in [6, 6.07) is 12.5. The number of anilines is 1. The number of esters is 1. The highest BCUT2D eigenvalue weighted by Gasteiger charge is 2.21. The number of hydrogen-bond acceptors (Lipinski definition) is 6. The summed E-state index contributed by atoms with van der Waals surface area (Å²) in [7, 11) is 0. The first-order valence-electron chi connectivity index (χ1n) is 8.26. The molecule has 0 fully saturated rings. The van der Waals surface area contributed by atoms with Gasteiger partial charge in [-0.25, -0.2) is 4.79 Å². The summed E-state index contributed by atoms with van der Waals surface area (Å²) in [6.07, 6.45) is 0. The molecule has 0 amide bonds. The Hall–Kier alpha value is -3.22. The Kier molecular flexibility index (Phi) is 6.43. The minimum Gasteiger partial charge on any atom is -0.454 e. The molecule has 0 aliphatic heterocycles. The lowest BCUT2D eigenvalue weighted by Gasteiger charge is -2.23. The van der Waals surface area contributed by atoms with E-state index in [-0.39, 0.29) is 17.0 Å². The van der Waals surface area contributed by atoms with Gasteiger partial charge in [0.15, 0.2) is 12.4 Å². The molecule has 0 saturated heterocycles. The summed E-state index contributed by atoms with van der Waals surface area (Å²) in [6.45, 7) is 4.65. The minimum absolute atomic E-state index is 0.0729. The second kappa shape index (κ2) is 8.75. The molecule has 0 heterocycles. The Morgan fingerprint density at radius 2 is 1.73 bits per heavy atom. The van der Waals surface area contributed by atoms with Crippen LogP contribution in [0.1, 0.15) is 34.6 Å². The topological polar surface area (TPSA) is 89.8 Å². The van der Waals surface area contributed by atoms with Crippen LogP contribution < -0.4 is 4.90 Å². The fraction of sp³-hybridized carbons (Fsp3) is 0.263. The smallest absolute Gasteiger partial charge is 0.340 e. The highest BCUT2D eigenvalue weighted by molar-refractivity contribution is 6.01. The second-order valence-electron chi connectivity index (χ2n) is 5.50. The summed E-state index contributed by atoms with van der Waals surface area (Å²) < 4.78 is 5.12. The van der Waals surface area contributed by atoms with Gasteiger partial charge in [-0.3, -0.25) is 14.9 Å². The molecule has 26 heavy (non-hydrogen) atoms. The lowest BCUT2D eigenvalue weighted by atomic mass is 10.1. The molecule has 0 radical (unpaired) electrons. The van der Waals surface area contributed by atoms with Crippen LogP contribution in [-0.2, 0) is 4.74 Å². The van der Waals surface area contributed by atoms with Crippen molar-refractivity contribution in [3.63, 3.8) is 0 Å². The normalized spacial score (nSPS) is 10.2. The zero-order valence-corrected chi connectivity index (χ0v) is 14.7. The number of nitro benzene ring substituents is 1. The summed E-state index contributed by atoms with van der Waals surface area (Å²) in [5.74, 6) is -1.10. The number of ether oxygens (including phenoxy) is 1. The van der Waals surface area contributed by atoms with Gasteiger partial charge in [-0.15, -0.1) is 0 Å². The van der Waals surface area contributed by atoms with Crippen molar-refractivity contribution in [1.29, 1.82) is 0 Å². The Morgan fingerprint density at radius 3 is 2.31 bits per heavy atom. The van der Waals surface area contributed by atoms with E-state index in [0.717, 1.165) is 0 Å². The van der Waals surface area contributed by atoms with Gasteiger partial charge in [0.2, 0.25) is 0 Å². The van der Waals surface area contributed by atoms with Crippen LogP contribution >= 0.6 is 0 Å². The van der Waals surface area contributed by atoms with Crippen LogP contribution in [0.2, 0.25) is 0 Å². The van der Waals surface area contributed by atoms with E-state index in [1.807, 2.05) is 18.7 Å². The van der Waals surface area contributed by atoms with Crippen molar-refractivity contribution in [3.8, 4) is 0 Å².